The molecule has 0 radical (unpaired) electrons. The highest BCUT2D eigenvalue weighted by Gasteiger charge is 2.41. The van der Waals surface area contributed by atoms with Crippen LogP contribution in [0.15, 0.2) is 0 Å². The van der Waals surface area contributed by atoms with Crippen molar-refractivity contribution >= 4 is 5.91 Å². The Labute approximate surface area is 111 Å². The zero-order chi connectivity index (χ0) is 13.4. The van der Waals surface area contributed by atoms with Crippen molar-refractivity contribution in [1.29, 1.82) is 0 Å². The Morgan fingerprint density at radius 2 is 1.94 bits per heavy atom. The molecule has 1 N–H and O–H groups in total. The van der Waals surface area contributed by atoms with Gasteiger partial charge >= 0.3 is 0 Å². The van der Waals surface area contributed by atoms with Crippen molar-refractivity contribution in [3.8, 4) is 0 Å². The Morgan fingerprint density at radius 3 is 2.50 bits per heavy atom. The van der Waals surface area contributed by atoms with Gasteiger partial charge in [-0.25, -0.2) is 0 Å². The Bertz CT molecular complexity index is 321. The molecule has 0 bridgehead atoms. The maximum atomic E-state index is 12.7. The number of nitrogens with zero attached hydrogens (tertiary/aromatic N) is 2. The molecular weight excluding hydrogens is 226 g/mol. The van der Waals surface area contributed by atoms with Crippen LogP contribution >= 0.6 is 0 Å². The summed E-state index contributed by atoms with van der Waals surface area (Å²) in [5.41, 5.74) is -0.101. The second-order valence-corrected chi connectivity index (χ2v) is 6.80. The van der Waals surface area contributed by atoms with Crippen molar-refractivity contribution in [2.24, 2.45) is 5.41 Å². The van der Waals surface area contributed by atoms with Gasteiger partial charge < -0.3 is 10.2 Å². The number of likely N-dealkylation sites (N-methyl/N-ethyl adjacent to an activating group) is 1. The van der Waals surface area contributed by atoms with E-state index in [4.69, 9.17) is 0 Å². The van der Waals surface area contributed by atoms with Gasteiger partial charge in [0.25, 0.3) is 0 Å². The third-order valence-corrected chi connectivity index (χ3v) is 4.72. The fourth-order valence-electron chi connectivity index (χ4n) is 3.03. The van der Waals surface area contributed by atoms with Crippen LogP contribution in [0.5, 0.6) is 0 Å². The van der Waals surface area contributed by atoms with E-state index in [-0.39, 0.29) is 11.0 Å². The van der Waals surface area contributed by atoms with Crippen LogP contribution in [0, 0.1) is 5.41 Å². The molecule has 104 valence electrons. The molecule has 2 rings (SSSR count). The van der Waals surface area contributed by atoms with Gasteiger partial charge in [-0.15, -0.1) is 0 Å². The van der Waals surface area contributed by atoms with E-state index in [0.717, 1.165) is 45.6 Å². The van der Waals surface area contributed by atoms with Gasteiger partial charge in [-0.2, -0.15) is 0 Å². The number of nitrogens with one attached hydrogen (secondary N) is 1. The molecule has 1 atom stereocenters. The topological polar surface area (TPSA) is 35.6 Å². The lowest BCUT2D eigenvalue weighted by Crippen LogP contribution is -2.62. The number of amides is 1. The van der Waals surface area contributed by atoms with Crippen LogP contribution in [0.3, 0.4) is 0 Å². The van der Waals surface area contributed by atoms with E-state index in [1.807, 2.05) is 0 Å². The lowest BCUT2D eigenvalue weighted by molar-refractivity contribution is -0.146. The van der Waals surface area contributed by atoms with Gasteiger partial charge in [0, 0.05) is 31.7 Å². The Kier molecular flexibility index (Phi) is 3.70. The summed E-state index contributed by atoms with van der Waals surface area (Å²) in [4.78, 5) is 17.2. The predicted octanol–water partition coefficient (Wildman–Crippen LogP) is 0.929. The maximum Gasteiger partial charge on any atom is 0.229 e. The number of carbonyl (C=O) groups is 1. The first-order chi connectivity index (χ1) is 8.35. The van der Waals surface area contributed by atoms with E-state index >= 15 is 0 Å². The molecule has 2 fully saturated rings. The van der Waals surface area contributed by atoms with Crippen LogP contribution in [0.2, 0.25) is 0 Å². The molecule has 0 aromatic heterocycles. The number of hydrogen-bond acceptors (Lipinski definition) is 3. The molecule has 0 saturated carbocycles. The molecule has 4 heteroatoms. The summed E-state index contributed by atoms with van der Waals surface area (Å²) < 4.78 is 0. The van der Waals surface area contributed by atoms with E-state index in [2.05, 4.69) is 42.9 Å². The van der Waals surface area contributed by atoms with Crippen molar-refractivity contribution in [2.45, 2.75) is 39.2 Å². The van der Waals surface area contributed by atoms with Crippen LogP contribution in [0.25, 0.3) is 0 Å². The Hall–Kier alpha value is -0.610. The molecule has 1 unspecified atom stereocenters. The van der Waals surface area contributed by atoms with Crippen LogP contribution in [-0.2, 0) is 4.79 Å². The van der Waals surface area contributed by atoms with E-state index in [9.17, 15) is 4.79 Å². The van der Waals surface area contributed by atoms with Crippen molar-refractivity contribution in [2.75, 3.05) is 39.8 Å². The monoisotopic (exact) mass is 253 g/mol. The smallest absolute Gasteiger partial charge is 0.229 e. The molecule has 4 nitrogen and oxygen atoms in total. The van der Waals surface area contributed by atoms with Crippen LogP contribution in [-0.4, -0.2) is 61.0 Å². The van der Waals surface area contributed by atoms with E-state index in [1.165, 1.54) is 0 Å². The first kappa shape index (κ1) is 13.8. The molecule has 0 aromatic rings. The average Bonchev–Trinajstić information content (AvgIpc) is 2.32. The van der Waals surface area contributed by atoms with Crippen molar-refractivity contribution in [1.82, 2.24) is 15.1 Å². The highest BCUT2D eigenvalue weighted by Crippen LogP contribution is 2.30. The molecule has 2 saturated heterocycles. The largest absolute Gasteiger partial charge is 0.339 e. The molecule has 0 aliphatic carbocycles. The van der Waals surface area contributed by atoms with Crippen molar-refractivity contribution < 1.29 is 4.79 Å². The minimum Gasteiger partial charge on any atom is -0.339 e. The van der Waals surface area contributed by atoms with Crippen LogP contribution < -0.4 is 5.32 Å². The molecule has 0 spiro atoms. The van der Waals surface area contributed by atoms with E-state index < -0.39 is 0 Å². The second-order valence-electron chi connectivity index (χ2n) is 6.80. The second kappa shape index (κ2) is 4.82. The van der Waals surface area contributed by atoms with E-state index in [0.29, 0.717) is 5.91 Å². The summed E-state index contributed by atoms with van der Waals surface area (Å²) in [5, 5.41) is 3.37. The molecule has 2 heterocycles. The van der Waals surface area contributed by atoms with Gasteiger partial charge in [0.2, 0.25) is 5.91 Å². The summed E-state index contributed by atoms with van der Waals surface area (Å²) in [6.07, 6.45) is 2.13. The molecule has 2 aliphatic heterocycles. The molecular formula is C14H27N3O. The lowest BCUT2D eigenvalue weighted by atomic mass is 9.80. The summed E-state index contributed by atoms with van der Waals surface area (Å²) in [6.45, 7) is 11.1. The number of hydrogen-bond donors (Lipinski definition) is 1. The number of piperidine rings is 1. The van der Waals surface area contributed by atoms with Crippen molar-refractivity contribution in [3.05, 3.63) is 0 Å². The lowest BCUT2D eigenvalue weighted by Gasteiger charge is -2.48. The number of carbonyl (C=O) groups excluding carboxylic acids is 1. The third kappa shape index (κ3) is 2.54. The summed E-state index contributed by atoms with van der Waals surface area (Å²) in [5.74, 6) is 0.343. The highest BCUT2D eigenvalue weighted by molar-refractivity contribution is 5.83. The average molecular weight is 253 g/mol. The highest BCUT2D eigenvalue weighted by atomic mass is 16.2. The maximum absolute atomic E-state index is 12.7. The summed E-state index contributed by atoms with van der Waals surface area (Å²) in [7, 11) is 2.14. The SMILES string of the molecule is CN1CCN(C(=O)C2(C)CCCNC2)CC1(C)C. The van der Waals surface area contributed by atoms with Gasteiger partial charge in [0.15, 0.2) is 0 Å². The standard InChI is InChI=1S/C14H27N3O/c1-13(2)11-17(9-8-16(13)4)12(18)14(3)6-5-7-15-10-14/h15H,5-11H2,1-4H3. The van der Waals surface area contributed by atoms with Gasteiger partial charge in [0.05, 0.1) is 5.41 Å². The normalized spacial score (nSPS) is 33.4. The minimum absolute atomic E-state index is 0.0896. The molecule has 2 aliphatic rings. The Morgan fingerprint density at radius 1 is 1.22 bits per heavy atom. The fourth-order valence-corrected chi connectivity index (χ4v) is 3.03. The molecule has 0 aromatic carbocycles. The summed E-state index contributed by atoms with van der Waals surface area (Å²) in [6, 6.07) is 0. The number of rotatable bonds is 1. The van der Waals surface area contributed by atoms with Gasteiger partial charge in [-0.05, 0) is 47.2 Å². The van der Waals surface area contributed by atoms with Gasteiger partial charge in [-0.3, -0.25) is 9.69 Å². The first-order valence-electron chi connectivity index (χ1n) is 7.07. The quantitative estimate of drug-likeness (QED) is 0.755. The zero-order valence-electron chi connectivity index (χ0n) is 12.3. The Balaban J connectivity index is 2.05. The number of piperazine rings is 1. The zero-order valence-corrected chi connectivity index (χ0v) is 12.3. The van der Waals surface area contributed by atoms with Crippen molar-refractivity contribution in [3.63, 3.8) is 0 Å². The van der Waals surface area contributed by atoms with E-state index in [1.54, 1.807) is 0 Å². The van der Waals surface area contributed by atoms with Crippen LogP contribution in [0.4, 0.5) is 0 Å². The fraction of sp³-hybridized carbons (Fsp3) is 0.929. The summed E-state index contributed by atoms with van der Waals surface area (Å²) >= 11 is 0. The van der Waals surface area contributed by atoms with Gasteiger partial charge in [-0.1, -0.05) is 0 Å². The molecule has 1 amide bonds. The minimum atomic E-state index is -0.190. The van der Waals surface area contributed by atoms with Crippen LogP contribution in [0.1, 0.15) is 33.6 Å². The first-order valence-corrected chi connectivity index (χ1v) is 7.07. The molecule has 18 heavy (non-hydrogen) atoms. The predicted molar refractivity (Wildman–Crippen MR) is 73.5 cm³/mol. The third-order valence-electron chi connectivity index (χ3n) is 4.72. The van der Waals surface area contributed by atoms with Gasteiger partial charge in [0.1, 0.15) is 0 Å².